The normalized spacial score (nSPS) is 9.97. The first kappa shape index (κ1) is 21.4. The minimum absolute atomic E-state index is 0.263. The minimum atomic E-state index is -0.263. The fourth-order valence-corrected chi connectivity index (χ4v) is 3.13. The van der Waals surface area contributed by atoms with Crippen LogP contribution in [0.1, 0.15) is 66.5 Å². The van der Waals surface area contributed by atoms with Crippen LogP contribution in [0.4, 0.5) is 4.39 Å². The van der Waals surface area contributed by atoms with Gasteiger partial charge in [0.1, 0.15) is 5.82 Å². The molecule has 0 amide bonds. The summed E-state index contributed by atoms with van der Waals surface area (Å²) in [5, 5.41) is 0. The first-order valence-corrected chi connectivity index (χ1v) is 10.7. The number of rotatable bonds is 5. The number of unbranched alkanes of at least 4 members (excludes halogenated alkanes) is 2. The number of halogens is 1. The van der Waals surface area contributed by atoms with E-state index in [1.165, 1.54) is 24.8 Å². The van der Waals surface area contributed by atoms with Crippen LogP contribution >= 0.6 is 0 Å². The molecule has 0 unspecified atom stereocenters. The summed E-state index contributed by atoms with van der Waals surface area (Å²) in [4.78, 5) is 0. The maximum absolute atomic E-state index is 14.0. The fourth-order valence-electron chi connectivity index (χ4n) is 3.13. The zero-order valence-corrected chi connectivity index (χ0v) is 17.8. The Morgan fingerprint density at radius 3 is 1.70 bits per heavy atom. The Morgan fingerprint density at radius 1 is 0.633 bits per heavy atom. The van der Waals surface area contributed by atoms with Gasteiger partial charge in [0.15, 0.2) is 0 Å². The Balaban J connectivity index is 1.63. The lowest BCUT2D eigenvalue weighted by Gasteiger charge is -2.00. The molecule has 0 N–H and O–H groups in total. The molecule has 0 spiro atoms. The third-order valence-corrected chi connectivity index (χ3v) is 5.04. The molecule has 1 heteroatoms. The zero-order chi connectivity index (χ0) is 21.2. The second-order valence-electron chi connectivity index (χ2n) is 7.40. The lowest BCUT2D eigenvalue weighted by molar-refractivity contribution is 0.622. The third kappa shape index (κ3) is 6.37. The van der Waals surface area contributed by atoms with Gasteiger partial charge < -0.3 is 0 Å². The van der Waals surface area contributed by atoms with Crippen LogP contribution in [0.5, 0.6) is 0 Å². The summed E-state index contributed by atoms with van der Waals surface area (Å²) in [5.74, 6) is 12.1. The highest BCUT2D eigenvalue weighted by Crippen LogP contribution is 2.11. The minimum Gasteiger partial charge on any atom is -0.206 e. The van der Waals surface area contributed by atoms with Crippen LogP contribution in [-0.4, -0.2) is 0 Å². The average Bonchev–Trinajstić information content (AvgIpc) is 2.78. The summed E-state index contributed by atoms with van der Waals surface area (Å²) in [6.45, 7) is 4.23. The Kier molecular flexibility index (Phi) is 7.88. The zero-order valence-electron chi connectivity index (χ0n) is 17.8. The Hall–Kier alpha value is -3.29. The molecule has 0 fully saturated rings. The van der Waals surface area contributed by atoms with E-state index in [1.54, 1.807) is 12.1 Å². The number of hydrogen-bond donors (Lipinski definition) is 0. The summed E-state index contributed by atoms with van der Waals surface area (Å²) in [5.41, 5.74) is 5.57. The Bertz CT molecular complexity index is 1080. The Labute approximate surface area is 180 Å². The summed E-state index contributed by atoms with van der Waals surface area (Å²) >= 11 is 0. The lowest BCUT2D eigenvalue weighted by Crippen LogP contribution is -1.87. The quantitative estimate of drug-likeness (QED) is 0.325. The van der Waals surface area contributed by atoms with Crippen LogP contribution in [0.15, 0.2) is 66.7 Å². The van der Waals surface area contributed by atoms with E-state index in [2.05, 4.69) is 54.9 Å². The van der Waals surface area contributed by atoms with E-state index in [0.29, 0.717) is 5.56 Å². The first-order chi connectivity index (χ1) is 14.7. The summed E-state index contributed by atoms with van der Waals surface area (Å²) in [6.07, 6.45) is 5.72. The molecule has 0 bridgehead atoms. The van der Waals surface area contributed by atoms with Crippen LogP contribution in [0.3, 0.4) is 0 Å². The van der Waals surface area contributed by atoms with E-state index in [1.807, 2.05) is 37.3 Å². The largest absolute Gasteiger partial charge is 0.206 e. The monoisotopic (exact) mass is 394 g/mol. The first-order valence-electron chi connectivity index (χ1n) is 10.7. The predicted molar refractivity (Wildman–Crippen MR) is 124 cm³/mol. The van der Waals surface area contributed by atoms with Crippen molar-refractivity contribution >= 4 is 0 Å². The summed E-state index contributed by atoms with van der Waals surface area (Å²) < 4.78 is 14.0. The average molecular weight is 395 g/mol. The van der Waals surface area contributed by atoms with Gasteiger partial charge in [0, 0.05) is 16.7 Å². The molecule has 0 radical (unpaired) electrons. The number of benzene rings is 3. The van der Waals surface area contributed by atoms with Crippen molar-refractivity contribution < 1.29 is 4.39 Å². The molecule has 30 heavy (non-hydrogen) atoms. The van der Waals surface area contributed by atoms with Crippen molar-refractivity contribution in [1.82, 2.24) is 0 Å². The van der Waals surface area contributed by atoms with Gasteiger partial charge in [-0.15, -0.1) is 0 Å². The van der Waals surface area contributed by atoms with Crippen LogP contribution in [0, 0.1) is 29.5 Å². The second-order valence-corrected chi connectivity index (χ2v) is 7.40. The third-order valence-electron chi connectivity index (χ3n) is 5.04. The molecule has 0 aliphatic rings. The molecule has 0 atom stereocenters. The molecule has 3 rings (SSSR count). The maximum atomic E-state index is 14.0. The molecule has 0 saturated carbocycles. The van der Waals surface area contributed by atoms with Crippen molar-refractivity contribution in [2.24, 2.45) is 0 Å². The lowest BCUT2D eigenvalue weighted by atomic mass is 10.1. The molecule has 0 aliphatic heterocycles. The highest BCUT2D eigenvalue weighted by molar-refractivity contribution is 5.48. The van der Waals surface area contributed by atoms with Crippen molar-refractivity contribution in [3.63, 3.8) is 0 Å². The van der Waals surface area contributed by atoms with Crippen molar-refractivity contribution in [2.45, 2.75) is 46.0 Å². The molecular weight excluding hydrogens is 367 g/mol. The fraction of sp³-hybridized carbons (Fsp3) is 0.241. The molecule has 0 aromatic heterocycles. The molecule has 0 saturated heterocycles. The van der Waals surface area contributed by atoms with Crippen molar-refractivity contribution in [1.29, 1.82) is 0 Å². The number of hydrogen-bond acceptors (Lipinski definition) is 0. The molecule has 150 valence electrons. The van der Waals surface area contributed by atoms with Gasteiger partial charge in [0.2, 0.25) is 0 Å². The van der Waals surface area contributed by atoms with Gasteiger partial charge in [0.25, 0.3) is 0 Å². The van der Waals surface area contributed by atoms with Gasteiger partial charge in [-0.1, -0.05) is 68.6 Å². The number of aryl methyl sites for hydroxylation is 2. The van der Waals surface area contributed by atoms with E-state index in [4.69, 9.17) is 0 Å². The van der Waals surface area contributed by atoms with Gasteiger partial charge in [-0.2, -0.15) is 0 Å². The Morgan fingerprint density at radius 2 is 1.17 bits per heavy atom. The van der Waals surface area contributed by atoms with Crippen molar-refractivity contribution in [3.8, 4) is 23.7 Å². The molecule has 0 heterocycles. The maximum Gasteiger partial charge on any atom is 0.139 e. The van der Waals surface area contributed by atoms with Gasteiger partial charge in [-0.25, -0.2) is 4.39 Å². The van der Waals surface area contributed by atoms with Crippen LogP contribution < -0.4 is 0 Å². The van der Waals surface area contributed by atoms with E-state index in [-0.39, 0.29) is 5.82 Å². The highest BCUT2D eigenvalue weighted by atomic mass is 19.1. The standard InChI is InChI=1S/C29H27F/c1-3-5-6-7-24-8-10-25(11-9-24)12-13-26-14-16-27(17-15-26)19-21-28-20-18-23(4-2)22-29(28)30/h8-11,14-18,20,22H,3-7H2,1-2H3. The van der Waals surface area contributed by atoms with Gasteiger partial charge in [-0.3, -0.25) is 0 Å². The van der Waals surface area contributed by atoms with Crippen LogP contribution in [0.25, 0.3) is 0 Å². The van der Waals surface area contributed by atoms with Gasteiger partial charge in [-0.05, 0) is 78.9 Å². The summed E-state index contributed by atoms with van der Waals surface area (Å²) in [6, 6.07) is 21.5. The smallest absolute Gasteiger partial charge is 0.139 e. The van der Waals surface area contributed by atoms with Crippen molar-refractivity contribution in [2.75, 3.05) is 0 Å². The van der Waals surface area contributed by atoms with Gasteiger partial charge in [0.05, 0.1) is 5.56 Å². The highest BCUT2D eigenvalue weighted by Gasteiger charge is 2.00. The molecule has 0 nitrogen and oxygen atoms in total. The van der Waals surface area contributed by atoms with E-state index < -0.39 is 0 Å². The van der Waals surface area contributed by atoms with Crippen LogP contribution in [0.2, 0.25) is 0 Å². The molecule has 0 aliphatic carbocycles. The SMILES string of the molecule is CCCCCc1ccc(C#Cc2ccc(C#Cc3ccc(CC)cc3F)cc2)cc1. The van der Waals surface area contributed by atoms with E-state index in [0.717, 1.165) is 35.1 Å². The van der Waals surface area contributed by atoms with E-state index in [9.17, 15) is 4.39 Å². The van der Waals surface area contributed by atoms with Crippen LogP contribution in [-0.2, 0) is 12.8 Å². The summed E-state index contributed by atoms with van der Waals surface area (Å²) in [7, 11) is 0. The molecule has 3 aromatic rings. The topological polar surface area (TPSA) is 0 Å². The van der Waals surface area contributed by atoms with Gasteiger partial charge >= 0.3 is 0 Å². The molecular formula is C29H27F. The predicted octanol–water partition coefficient (Wildman–Crippen LogP) is 6.92. The second kappa shape index (κ2) is 11.0. The molecule has 3 aromatic carbocycles. The van der Waals surface area contributed by atoms with E-state index >= 15 is 0 Å². The van der Waals surface area contributed by atoms with Crippen molar-refractivity contribution in [3.05, 3.63) is 106 Å².